The Labute approximate surface area is 199 Å². The van der Waals surface area contributed by atoms with Crippen molar-refractivity contribution in [1.29, 1.82) is 0 Å². The van der Waals surface area contributed by atoms with Crippen LogP contribution in [0.4, 0.5) is 0 Å². The summed E-state index contributed by atoms with van der Waals surface area (Å²) in [6.45, 7) is 11.4. The lowest BCUT2D eigenvalue weighted by atomic mass is 10.5. The van der Waals surface area contributed by atoms with Gasteiger partial charge in [-0.1, -0.05) is 0 Å². The molecule has 0 atom stereocenters. The molecule has 5 aliphatic heterocycles. The van der Waals surface area contributed by atoms with Crippen molar-refractivity contribution in [2.45, 2.75) is 0 Å². The van der Waals surface area contributed by atoms with Gasteiger partial charge in [0.1, 0.15) is 0 Å². The molecule has 0 aliphatic carbocycles. The van der Waals surface area contributed by atoms with Crippen molar-refractivity contribution >= 4 is 43.4 Å². The van der Waals surface area contributed by atoms with Gasteiger partial charge in [0.15, 0.2) is 0 Å². The first kappa shape index (κ1) is 24.6. The maximum atomic E-state index is 7.02. The Balaban J connectivity index is 1.71. The minimum atomic E-state index is -2.98. The first-order chi connectivity index (χ1) is 15.5. The van der Waals surface area contributed by atoms with Crippen LogP contribution in [0.15, 0.2) is 13.5 Å². The van der Waals surface area contributed by atoms with E-state index in [0.29, 0.717) is 52.9 Å². The normalized spacial score (nSPS) is 32.4. The summed E-state index contributed by atoms with van der Waals surface area (Å²) in [5, 5.41) is 0. The van der Waals surface area contributed by atoms with E-state index in [1.54, 1.807) is 0 Å². The number of ether oxygens (including phenoxy) is 4. The molecular weight excluding hydrogens is 518 g/mol. The maximum absolute atomic E-state index is 7.02. The van der Waals surface area contributed by atoms with Crippen LogP contribution < -0.4 is 0 Å². The SMILES string of the molecule is ClP1(Cl)=NP(N2CCOCC2)(N2CCOCC2)=NP(N2CCOCC2)(N2CCOCC2)=N1. The molecule has 4 saturated heterocycles. The third-order valence-electron chi connectivity index (χ3n) is 6.16. The standard InChI is InChI=1S/C16H32Cl2N7O4P3/c17-30(18)19-31(22-1-9-26-10-2-22,23-3-11-27-12-4-23)21-32(20-30,24-5-13-28-14-6-24)25-7-15-29-16-8-25/h1-16H2. The molecule has 16 heteroatoms. The predicted molar refractivity (Wildman–Crippen MR) is 129 cm³/mol. The Morgan fingerprint density at radius 2 is 0.719 bits per heavy atom. The van der Waals surface area contributed by atoms with Gasteiger partial charge in [-0.05, 0) is 22.5 Å². The zero-order valence-electron chi connectivity index (χ0n) is 18.2. The van der Waals surface area contributed by atoms with Crippen LogP contribution in [0.3, 0.4) is 0 Å². The monoisotopic (exact) mass is 549 g/mol. The Morgan fingerprint density at radius 1 is 0.438 bits per heavy atom. The zero-order chi connectivity index (χ0) is 22.1. The van der Waals surface area contributed by atoms with E-state index < -0.39 is 20.9 Å². The van der Waals surface area contributed by atoms with Crippen LogP contribution in [-0.4, -0.2) is 124 Å². The molecule has 5 aliphatic rings. The first-order valence-corrected chi connectivity index (χ1v) is 17.9. The minimum absolute atomic E-state index is 0.658. The molecule has 184 valence electrons. The fourth-order valence-corrected chi connectivity index (χ4v) is 20.0. The summed E-state index contributed by atoms with van der Waals surface area (Å²) in [6, 6.07) is 0. The Kier molecular flexibility index (Phi) is 8.10. The number of hydrogen-bond donors (Lipinski definition) is 0. The van der Waals surface area contributed by atoms with Crippen molar-refractivity contribution in [3.8, 4) is 0 Å². The van der Waals surface area contributed by atoms with Gasteiger partial charge in [-0.2, -0.15) is 13.5 Å². The predicted octanol–water partition coefficient (Wildman–Crippen LogP) is 3.65. The van der Waals surface area contributed by atoms with Crippen LogP contribution >= 0.6 is 43.4 Å². The first-order valence-electron chi connectivity index (χ1n) is 11.2. The average Bonchev–Trinajstić information content (AvgIpc) is 2.85. The van der Waals surface area contributed by atoms with Crippen molar-refractivity contribution in [1.82, 2.24) is 18.7 Å². The lowest BCUT2D eigenvalue weighted by molar-refractivity contribution is 0.0548. The van der Waals surface area contributed by atoms with Gasteiger partial charge >= 0.3 is 0 Å². The molecule has 0 amide bonds. The summed E-state index contributed by atoms with van der Waals surface area (Å²) in [5.74, 6) is -2.98. The molecule has 4 fully saturated rings. The second-order valence-electron chi connectivity index (χ2n) is 8.06. The molecule has 0 spiro atoms. The van der Waals surface area contributed by atoms with Crippen molar-refractivity contribution < 1.29 is 18.9 Å². The molecule has 0 radical (unpaired) electrons. The summed E-state index contributed by atoms with van der Waals surface area (Å²) >= 11 is 14.0. The molecule has 0 bridgehead atoms. The van der Waals surface area contributed by atoms with Gasteiger partial charge in [0, 0.05) is 52.4 Å². The Morgan fingerprint density at radius 3 is 1.03 bits per heavy atom. The lowest BCUT2D eigenvalue weighted by Gasteiger charge is -2.50. The van der Waals surface area contributed by atoms with E-state index in [-0.39, 0.29) is 0 Å². The largest absolute Gasteiger partial charge is 0.379 e. The van der Waals surface area contributed by atoms with Crippen molar-refractivity contribution in [2.75, 3.05) is 105 Å². The molecule has 0 aromatic heterocycles. The molecule has 5 heterocycles. The number of morpholine rings is 4. The molecule has 32 heavy (non-hydrogen) atoms. The van der Waals surface area contributed by atoms with Gasteiger partial charge < -0.3 is 18.9 Å². The molecule has 0 unspecified atom stereocenters. The van der Waals surface area contributed by atoms with E-state index in [0.717, 1.165) is 52.4 Å². The van der Waals surface area contributed by atoms with Gasteiger partial charge in [-0.3, -0.25) is 0 Å². The summed E-state index contributed by atoms with van der Waals surface area (Å²) < 4.78 is 48.4. The highest BCUT2D eigenvalue weighted by atomic mass is 35.9. The molecule has 0 aromatic carbocycles. The van der Waals surface area contributed by atoms with E-state index >= 15 is 0 Å². The van der Waals surface area contributed by atoms with Crippen molar-refractivity contribution in [2.24, 2.45) is 13.5 Å². The minimum Gasteiger partial charge on any atom is -0.379 e. The Bertz CT molecular complexity index is 752. The third kappa shape index (κ3) is 4.94. The van der Waals surface area contributed by atoms with E-state index in [1.807, 2.05) is 0 Å². The van der Waals surface area contributed by atoms with Crippen LogP contribution in [-0.2, 0) is 18.9 Å². The van der Waals surface area contributed by atoms with Gasteiger partial charge in [0.05, 0.1) is 52.9 Å². The van der Waals surface area contributed by atoms with Gasteiger partial charge in [0.2, 0.25) is 15.0 Å². The zero-order valence-corrected chi connectivity index (χ0v) is 22.4. The van der Waals surface area contributed by atoms with E-state index in [4.69, 9.17) is 55.0 Å². The van der Waals surface area contributed by atoms with Gasteiger partial charge in [0.25, 0.3) is 5.91 Å². The second-order valence-corrected chi connectivity index (χ2v) is 18.9. The number of rotatable bonds is 4. The Hall–Kier alpha value is 0.950. The molecule has 5 rings (SSSR count). The molecule has 0 saturated carbocycles. The van der Waals surface area contributed by atoms with E-state index in [9.17, 15) is 0 Å². The highest BCUT2D eigenvalue weighted by molar-refractivity contribution is 8.13. The van der Waals surface area contributed by atoms with Crippen molar-refractivity contribution in [3.63, 3.8) is 0 Å². The molecule has 0 N–H and O–H groups in total. The van der Waals surface area contributed by atoms with E-state index in [2.05, 4.69) is 18.7 Å². The highest BCUT2D eigenvalue weighted by Crippen LogP contribution is 2.85. The maximum Gasteiger partial charge on any atom is 0.257 e. The summed E-state index contributed by atoms with van der Waals surface area (Å²) in [6.07, 6.45) is 0. The average molecular weight is 550 g/mol. The van der Waals surface area contributed by atoms with Gasteiger partial charge in [-0.25, -0.2) is 18.7 Å². The number of hydrogen-bond acceptors (Lipinski definition) is 11. The fraction of sp³-hybridized carbons (Fsp3) is 1.00. The van der Waals surface area contributed by atoms with Crippen LogP contribution in [0.25, 0.3) is 0 Å². The molecule has 0 aromatic rings. The highest BCUT2D eigenvalue weighted by Gasteiger charge is 2.48. The smallest absolute Gasteiger partial charge is 0.257 e. The van der Waals surface area contributed by atoms with Crippen LogP contribution in [0.1, 0.15) is 0 Å². The topological polar surface area (TPSA) is 87.0 Å². The van der Waals surface area contributed by atoms with E-state index in [1.165, 1.54) is 0 Å². The third-order valence-corrected chi connectivity index (χ3v) is 18.8. The number of halogens is 2. The molecular formula is C16H32Cl2N7O4P3. The summed E-state index contributed by atoms with van der Waals surface area (Å²) in [7, 11) is -5.17. The van der Waals surface area contributed by atoms with Crippen LogP contribution in [0, 0.1) is 0 Å². The lowest BCUT2D eigenvalue weighted by Crippen LogP contribution is -2.45. The van der Waals surface area contributed by atoms with Gasteiger partial charge in [-0.15, -0.1) is 0 Å². The summed E-state index contributed by atoms with van der Waals surface area (Å²) in [5.41, 5.74) is 0. The quantitative estimate of drug-likeness (QED) is 0.491. The molecule has 11 nitrogen and oxygen atoms in total. The number of nitrogens with zero attached hydrogens (tertiary/aromatic N) is 7. The summed E-state index contributed by atoms with van der Waals surface area (Å²) in [4.78, 5) is 0. The fourth-order valence-electron chi connectivity index (χ4n) is 4.60. The van der Waals surface area contributed by atoms with Crippen LogP contribution in [0.5, 0.6) is 0 Å². The second kappa shape index (κ2) is 10.5. The van der Waals surface area contributed by atoms with Crippen molar-refractivity contribution in [3.05, 3.63) is 0 Å². The van der Waals surface area contributed by atoms with Crippen LogP contribution in [0.2, 0.25) is 0 Å².